The molecule has 47 heavy (non-hydrogen) atoms. The van der Waals surface area contributed by atoms with Crippen molar-refractivity contribution >= 4 is 27.5 Å². The minimum absolute atomic E-state index is 0.0264. The first-order valence-electron chi connectivity index (χ1n) is 17.0. The molecule has 0 spiro atoms. The summed E-state index contributed by atoms with van der Waals surface area (Å²) in [6.45, 7) is 8.71. The van der Waals surface area contributed by atoms with Gasteiger partial charge in [0.1, 0.15) is 29.4 Å². The molecule has 2 saturated heterocycles. The van der Waals surface area contributed by atoms with Gasteiger partial charge in [-0.25, -0.2) is 4.39 Å². The number of ether oxygens (including phenoxy) is 3. The Labute approximate surface area is 276 Å². The Kier molecular flexibility index (Phi) is 8.70. The molecule has 4 heterocycles. The highest BCUT2D eigenvalue weighted by Gasteiger charge is 2.48. The average molecular weight is 642 g/mol. The number of aryl methyl sites for hydroxylation is 1. The van der Waals surface area contributed by atoms with Crippen LogP contribution in [-0.2, 0) is 11.2 Å². The molecule has 4 aromatic rings. The number of pyridine rings is 1. The summed E-state index contributed by atoms with van der Waals surface area (Å²) in [5, 5.41) is 5.97. The number of aromatic nitrogens is 3. The third-order valence-electron chi connectivity index (χ3n) is 11.0. The highest BCUT2D eigenvalue weighted by Crippen LogP contribution is 2.43. The van der Waals surface area contributed by atoms with Crippen LogP contribution in [0, 0.1) is 12.7 Å². The summed E-state index contributed by atoms with van der Waals surface area (Å²) in [7, 11) is 5.81. The smallest absolute Gasteiger partial charge is 0.319 e. The van der Waals surface area contributed by atoms with Crippen molar-refractivity contribution in [3.63, 3.8) is 0 Å². The molecule has 3 aliphatic rings. The second-order valence-electron chi connectivity index (χ2n) is 13.8. The Morgan fingerprint density at radius 2 is 1.96 bits per heavy atom. The number of nitrogens with one attached hydrogen (secondary N) is 1. The fourth-order valence-electron chi connectivity index (χ4n) is 8.02. The quantitative estimate of drug-likeness (QED) is 0.171. The Bertz CT molecular complexity index is 1780. The Morgan fingerprint density at radius 1 is 1.11 bits per heavy atom. The predicted octanol–water partition coefficient (Wildman–Crippen LogP) is 6.64. The molecule has 7 rings (SSSR count). The van der Waals surface area contributed by atoms with Gasteiger partial charge in [0.25, 0.3) is 0 Å². The van der Waals surface area contributed by atoms with Gasteiger partial charge in [0, 0.05) is 37.0 Å². The minimum atomic E-state index is -0.515. The number of halogens is 1. The van der Waals surface area contributed by atoms with Gasteiger partial charge >= 0.3 is 6.01 Å². The molecule has 10 heteroatoms. The standard InChI is InChI=1S/C37H46FN6O3/c1-6-25-10-7-11-26-18-27(47-23-45-5)19-28(30(25)26)32-31(38)33-29(20-39-32)34(40-21-36(43(3)4)13-8-14-36)42-35(41-33)46-22-37-15-9-17-44(37)24(2)12-16-37/h7,10-11,18-20,24H,2,6,8-9,12-17,21-23H2,1,3-5H3,(H,40,41,42)/t24-,37-/m1/s1. The van der Waals surface area contributed by atoms with E-state index in [0.717, 1.165) is 67.8 Å². The van der Waals surface area contributed by atoms with Crippen molar-refractivity contribution in [2.75, 3.05) is 53.0 Å². The molecule has 9 nitrogen and oxygen atoms in total. The number of anilines is 1. The van der Waals surface area contributed by atoms with E-state index < -0.39 is 5.82 Å². The molecule has 2 aliphatic heterocycles. The number of fused-ring (bicyclic) bond motifs is 3. The van der Waals surface area contributed by atoms with Crippen LogP contribution in [0.3, 0.4) is 0 Å². The predicted molar refractivity (Wildman–Crippen MR) is 183 cm³/mol. The molecular formula is C37H46FN6O3. The second-order valence-corrected chi connectivity index (χ2v) is 13.8. The summed E-state index contributed by atoms with van der Waals surface area (Å²) in [5.74, 6) is 0.599. The number of benzene rings is 2. The molecule has 3 fully saturated rings. The van der Waals surface area contributed by atoms with Crippen molar-refractivity contribution in [3.05, 3.63) is 54.8 Å². The van der Waals surface area contributed by atoms with Crippen LogP contribution < -0.4 is 14.8 Å². The Balaban J connectivity index is 1.33. The maximum Gasteiger partial charge on any atom is 0.319 e. The molecule has 2 atom stereocenters. The average Bonchev–Trinajstić information content (AvgIpc) is 3.61. The summed E-state index contributed by atoms with van der Waals surface area (Å²) in [4.78, 5) is 19.1. The van der Waals surface area contributed by atoms with Crippen LogP contribution >= 0.6 is 0 Å². The lowest BCUT2D eigenvalue weighted by Gasteiger charge is -2.47. The van der Waals surface area contributed by atoms with Crippen molar-refractivity contribution in [2.45, 2.75) is 75.4 Å². The van der Waals surface area contributed by atoms with Gasteiger partial charge in [0.15, 0.2) is 12.6 Å². The number of likely N-dealkylation sites (N-methyl/N-ethyl adjacent to an activating group) is 1. The number of methoxy groups -OCH3 is 1. The number of hydrogen-bond donors (Lipinski definition) is 1. The lowest BCUT2D eigenvalue weighted by atomic mass is 9.75. The second kappa shape index (κ2) is 12.8. The lowest BCUT2D eigenvalue weighted by Crippen LogP contribution is -2.54. The zero-order chi connectivity index (χ0) is 32.8. The third kappa shape index (κ3) is 5.68. The van der Waals surface area contributed by atoms with E-state index in [4.69, 9.17) is 29.2 Å². The first kappa shape index (κ1) is 32.0. The van der Waals surface area contributed by atoms with Crippen LogP contribution in [0.15, 0.2) is 36.5 Å². The van der Waals surface area contributed by atoms with Crippen molar-refractivity contribution in [1.82, 2.24) is 24.8 Å². The minimum Gasteiger partial charge on any atom is -0.468 e. The van der Waals surface area contributed by atoms with E-state index in [-0.39, 0.29) is 41.1 Å². The molecule has 1 N–H and O–H groups in total. The summed E-state index contributed by atoms with van der Waals surface area (Å²) in [5.41, 5.74) is 2.10. The van der Waals surface area contributed by atoms with Gasteiger partial charge in [0.2, 0.25) is 0 Å². The lowest BCUT2D eigenvalue weighted by molar-refractivity contribution is 0.0512. The van der Waals surface area contributed by atoms with E-state index in [1.807, 2.05) is 24.3 Å². The van der Waals surface area contributed by atoms with Gasteiger partial charge in [-0.2, -0.15) is 9.97 Å². The topological polar surface area (TPSA) is 84.9 Å². The van der Waals surface area contributed by atoms with Crippen LogP contribution in [0.25, 0.3) is 32.9 Å². The molecule has 0 bridgehead atoms. The molecule has 1 radical (unpaired) electrons. The zero-order valence-corrected chi connectivity index (χ0v) is 28.1. The summed E-state index contributed by atoms with van der Waals surface area (Å²) < 4.78 is 34.4. The van der Waals surface area contributed by atoms with Crippen LogP contribution in [0.4, 0.5) is 10.2 Å². The summed E-state index contributed by atoms with van der Waals surface area (Å²) >= 11 is 0. The van der Waals surface area contributed by atoms with Crippen LogP contribution in [0.5, 0.6) is 11.8 Å². The zero-order valence-electron chi connectivity index (χ0n) is 28.1. The third-order valence-corrected chi connectivity index (χ3v) is 11.0. The van der Waals surface area contributed by atoms with Crippen LogP contribution in [0.2, 0.25) is 0 Å². The van der Waals surface area contributed by atoms with E-state index in [9.17, 15) is 0 Å². The molecule has 1 saturated carbocycles. The molecule has 1 aliphatic carbocycles. The highest BCUT2D eigenvalue weighted by molar-refractivity contribution is 6.01. The normalized spacial score (nSPS) is 22.1. The SMILES string of the molecule is [CH2][C@@H]1CC[C@@]2(COc3nc(NCC4(N(C)C)CCC4)c4cnc(-c5cc(OCOC)cc6cccc(CC)c56)c(F)c4n3)CCCN12. The Morgan fingerprint density at radius 3 is 2.70 bits per heavy atom. The Hall–Kier alpha value is -3.60. The molecule has 0 amide bonds. The first-order chi connectivity index (χ1) is 22.8. The molecule has 2 aromatic carbocycles. The highest BCUT2D eigenvalue weighted by atomic mass is 19.1. The van der Waals surface area contributed by atoms with E-state index in [1.165, 1.54) is 6.42 Å². The fraction of sp³-hybridized carbons (Fsp3) is 0.514. The van der Waals surface area contributed by atoms with Crippen molar-refractivity contribution < 1.29 is 18.6 Å². The van der Waals surface area contributed by atoms with Gasteiger partial charge in [-0.1, -0.05) is 25.1 Å². The van der Waals surface area contributed by atoms with Gasteiger partial charge in [-0.3, -0.25) is 9.88 Å². The maximum absolute atomic E-state index is 17.0. The first-order valence-corrected chi connectivity index (χ1v) is 17.0. The summed E-state index contributed by atoms with van der Waals surface area (Å²) in [6.07, 6.45) is 10.1. The largest absolute Gasteiger partial charge is 0.468 e. The van der Waals surface area contributed by atoms with E-state index in [1.54, 1.807) is 13.3 Å². The number of hydrogen-bond acceptors (Lipinski definition) is 9. The molecule has 2 aromatic heterocycles. The van der Waals surface area contributed by atoms with Crippen molar-refractivity contribution in [1.29, 1.82) is 0 Å². The van der Waals surface area contributed by atoms with Crippen LogP contribution in [-0.4, -0.2) is 89.6 Å². The number of nitrogens with zero attached hydrogens (tertiary/aromatic N) is 5. The maximum atomic E-state index is 17.0. The van der Waals surface area contributed by atoms with Gasteiger partial charge in [-0.15, -0.1) is 0 Å². The van der Waals surface area contributed by atoms with Gasteiger partial charge < -0.3 is 24.4 Å². The van der Waals surface area contributed by atoms with Crippen molar-refractivity contribution in [2.24, 2.45) is 0 Å². The van der Waals surface area contributed by atoms with Crippen LogP contribution in [0.1, 0.15) is 57.4 Å². The molecule has 249 valence electrons. The van der Waals surface area contributed by atoms with E-state index >= 15 is 4.39 Å². The monoisotopic (exact) mass is 641 g/mol. The summed E-state index contributed by atoms with van der Waals surface area (Å²) in [6, 6.07) is 10.4. The fourth-order valence-corrected chi connectivity index (χ4v) is 8.02. The van der Waals surface area contributed by atoms with Gasteiger partial charge in [0.05, 0.1) is 10.9 Å². The van der Waals surface area contributed by atoms with E-state index in [0.29, 0.717) is 35.7 Å². The molecular weight excluding hydrogens is 595 g/mol. The molecule has 0 unspecified atom stereocenters. The number of rotatable bonds is 12. The van der Waals surface area contributed by atoms with Gasteiger partial charge in [-0.05, 0) is 107 Å². The van der Waals surface area contributed by atoms with E-state index in [2.05, 4.69) is 49.1 Å². The van der Waals surface area contributed by atoms with Crippen molar-refractivity contribution in [3.8, 4) is 23.0 Å².